The molecule has 0 amide bonds. The molecule has 112 valence electrons. The first-order valence-electron chi connectivity index (χ1n) is 5.87. The molecule has 1 aromatic carbocycles. The van der Waals surface area contributed by atoms with Crippen LogP contribution >= 0.6 is 27.5 Å². The fourth-order valence-corrected chi connectivity index (χ4v) is 4.42. The predicted molar refractivity (Wildman–Crippen MR) is 78.2 cm³/mol. The van der Waals surface area contributed by atoms with E-state index < -0.39 is 15.6 Å². The van der Waals surface area contributed by atoms with E-state index in [1.54, 1.807) is 18.2 Å². The van der Waals surface area contributed by atoms with Crippen LogP contribution in [0, 0.1) is 0 Å². The van der Waals surface area contributed by atoms with E-state index in [9.17, 15) is 13.5 Å². The van der Waals surface area contributed by atoms with Crippen LogP contribution in [0.4, 0.5) is 0 Å². The molecule has 0 radical (unpaired) electrons. The van der Waals surface area contributed by atoms with E-state index in [0.717, 1.165) is 15.0 Å². The van der Waals surface area contributed by atoms with Crippen LogP contribution in [-0.4, -0.2) is 46.3 Å². The standard InChI is InChI=1S/C11H10BrClN4O3S/c12-7-1-2-8(9(13)3-7)11(18)5-17(6-11)21(19,20)10-4-14-16-15-10/h1-4,18H,5-6H2,(H,14,15,16). The van der Waals surface area contributed by atoms with Gasteiger partial charge in [-0.15, -0.1) is 5.10 Å². The summed E-state index contributed by atoms with van der Waals surface area (Å²) in [6, 6.07) is 5.07. The molecule has 0 atom stereocenters. The van der Waals surface area contributed by atoms with Gasteiger partial charge in [-0.05, 0) is 12.1 Å². The summed E-state index contributed by atoms with van der Waals surface area (Å²) in [4.78, 5) is 0. The van der Waals surface area contributed by atoms with Gasteiger partial charge in [-0.25, -0.2) is 8.42 Å². The van der Waals surface area contributed by atoms with Crippen molar-refractivity contribution < 1.29 is 13.5 Å². The SMILES string of the molecule is O=S(=O)(c1cn[nH]n1)N1CC(O)(c2ccc(Br)cc2Cl)C1. The highest BCUT2D eigenvalue weighted by Gasteiger charge is 2.50. The number of rotatable bonds is 3. The van der Waals surface area contributed by atoms with Gasteiger partial charge in [0.15, 0.2) is 0 Å². The van der Waals surface area contributed by atoms with E-state index in [2.05, 4.69) is 31.3 Å². The molecule has 0 aliphatic carbocycles. The van der Waals surface area contributed by atoms with E-state index in [1.807, 2.05) is 0 Å². The Balaban J connectivity index is 1.84. The van der Waals surface area contributed by atoms with Crippen molar-refractivity contribution in [3.63, 3.8) is 0 Å². The number of aromatic amines is 1. The zero-order valence-electron chi connectivity index (χ0n) is 10.5. The molecule has 0 saturated carbocycles. The maximum atomic E-state index is 12.2. The highest BCUT2D eigenvalue weighted by Crippen LogP contribution is 2.39. The molecule has 0 bridgehead atoms. The summed E-state index contributed by atoms with van der Waals surface area (Å²) in [6.45, 7) is -0.160. The minimum Gasteiger partial charge on any atom is -0.382 e. The number of sulfonamides is 1. The Bertz CT molecular complexity index is 775. The van der Waals surface area contributed by atoms with Gasteiger partial charge in [-0.2, -0.15) is 14.6 Å². The van der Waals surface area contributed by atoms with Crippen LogP contribution < -0.4 is 0 Å². The summed E-state index contributed by atoms with van der Waals surface area (Å²) >= 11 is 9.38. The van der Waals surface area contributed by atoms with Gasteiger partial charge in [-0.3, -0.25) is 0 Å². The third-order valence-electron chi connectivity index (χ3n) is 3.31. The first kappa shape index (κ1) is 14.9. The Morgan fingerprint density at radius 3 is 2.71 bits per heavy atom. The summed E-state index contributed by atoms with van der Waals surface area (Å²) in [5.74, 6) is 0. The molecular formula is C11H10BrClN4O3S. The number of hydrogen-bond donors (Lipinski definition) is 2. The molecule has 0 spiro atoms. The van der Waals surface area contributed by atoms with E-state index in [-0.39, 0.29) is 18.1 Å². The minimum absolute atomic E-state index is 0.0798. The first-order chi connectivity index (χ1) is 9.83. The van der Waals surface area contributed by atoms with Crippen molar-refractivity contribution >= 4 is 37.6 Å². The van der Waals surface area contributed by atoms with E-state index in [1.165, 1.54) is 0 Å². The zero-order chi connectivity index (χ0) is 15.3. The van der Waals surface area contributed by atoms with Crippen molar-refractivity contribution in [3.05, 3.63) is 39.5 Å². The quantitative estimate of drug-likeness (QED) is 0.814. The molecule has 3 rings (SSSR count). The molecular weight excluding hydrogens is 384 g/mol. The Morgan fingerprint density at radius 1 is 1.43 bits per heavy atom. The van der Waals surface area contributed by atoms with Crippen LogP contribution in [0.25, 0.3) is 0 Å². The van der Waals surface area contributed by atoms with Crippen LogP contribution in [0.1, 0.15) is 5.56 Å². The first-order valence-corrected chi connectivity index (χ1v) is 8.48. The lowest BCUT2D eigenvalue weighted by atomic mass is 9.88. The summed E-state index contributed by atoms with van der Waals surface area (Å²) in [5, 5.41) is 20.0. The molecule has 1 aromatic heterocycles. The maximum Gasteiger partial charge on any atom is 0.264 e. The number of halogens is 2. The molecule has 2 heterocycles. The fourth-order valence-electron chi connectivity index (χ4n) is 2.19. The second-order valence-corrected chi connectivity index (χ2v) is 7.94. The van der Waals surface area contributed by atoms with Gasteiger partial charge >= 0.3 is 0 Å². The van der Waals surface area contributed by atoms with E-state index in [4.69, 9.17) is 11.6 Å². The van der Waals surface area contributed by atoms with Crippen LogP contribution in [0.5, 0.6) is 0 Å². The number of nitrogens with one attached hydrogen (secondary N) is 1. The predicted octanol–water partition coefficient (Wildman–Crippen LogP) is 1.11. The maximum absolute atomic E-state index is 12.2. The molecule has 0 unspecified atom stereocenters. The van der Waals surface area contributed by atoms with Crippen molar-refractivity contribution in [1.82, 2.24) is 19.7 Å². The third kappa shape index (κ3) is 2.49. The van der Waals surface area contributed by atoms with Crippen molar-refractivity contribution in [2.75, 3.05) is 13.1 Å². The summed E-state index contributed by atoms with van der Waals surface area (Å²) in [7, 11) is -3.74. The molecule has 1 saturated heterocycles. The Hall–Kier alpha value is -1.000. The van der Waals surface area contributed by atoms with Crippen molar-refractivity contribution in [2.45, 2.75) is 10.6 Å². The lowest BCUT2D eigenvalue weighted by molar-refractivity contribution is -0.0648. The molecule has 1 aliphatic heterocycles. The second-order valence-electron chi connectivity index (χ2n) is 4.74. The summed E-state index contributed by atoms with van der Waals surface area (Å²) < 4.78 is 26.3. The molecule has 2 aromatic rings. The van der Waals surface area contributed by atoms with Gasteiger partial charge in [0.25, 0.3) is 10.0 Å². The highest BCUT2D eigenvalue weighted by atomic mass is 79.9. The van der Waals surface area contributed by atoms with Gasteiger partial charge in [0.1, 0.15) is 5.60 Å². The molecule has 1 fully saturated rings. The number of H-pyrrole nitrogens is 1. The Kier molecular flexibility index (Phi) is 3.57. The van der Waals surface area contributed by atoms with Gasteiger partial charge in [-0.1, -0.05) is 33.6 Å². The number of nitrogens with zero attached hydrogens (tertiary/aromatic N) is 3. The topological polar surface area (TPSA) is 99.2 Å². The fraction of sp³-hybridized carbons (Fsp3) is 0.273. The molecule has 2 N–H and O–H groups in total. The van der Waals surface area contributed by atoms with Crippen molar-refractivity contribution in [3.8, 4) is 0 Å². The van der Waals surface area contributed by atoms with Crippen LogP contribution in [-0.2, 0) is 15.6 Å². The zero-order valence-corrected chi connectivity index (χ0v) is 13.7. The highest BCUT2D eigenvalue weighted by molar-refractivity contribution is 9.10. The normalized spacial score (nSPS) is 18.4. The smallest absolute Gasteiger partial charge is 0.264 e. The van der Waals surface area contributed by atoms with Crippen LogP contribution in [0.3, 0.4) is 0 Å². The molecule has 21 heavy (non-hydrogen) atoms. The average molecular weight is 394 g/mol. The monoisotopic (exact) mass is 392 g/mol. The summed E-state index contributed by atoms with van der Waals surface area (Å²) in [6.07, 6.45) is 1.12. The average Bonchev–Trinajstić information content (AvgIpc) is 2.89. The third-order valence-corrected chi connectivity index (χ3v) is 5.77. The molecule has 7 nitrogen and oxygen atoms in total. The number of hydrogen-bond acceptors (Lipinski definition) is 5. The lowest BCUT2D eigenvalue weighted by Crippen LogP contribution is -2.61. The number of aromatic nitrogens is 3. The summed E-state index contributed by atoms with van der Waals surface area (Å²) in [5.41, 5.74) is -0.798. The Morgan fingerprint density at radius 2 is 2.14 bits per heavy atom. The van der Waals surface area contributed by atoms with E-state index >= 15 is 0 Å². The van der Waals surface area contributed by atoms with Crippen molar-refractivity contribution in [2.24, 2.45) is 0 Å². The van der Waals surface area contributed by atoms with Crippen LogP contribution in [0.2, 0.25) is 5.02 Å². The lowest BCUT2D eigenvalue weighted by Gasteiger charge is -2.45. The molecule has 10 heteroatoms. The number of β-amino-alcohol motifs (C(OH)–C–C–N with tert-alkyl or cyclic N) is 1. The second kappa shape index (κ2) is 5.03. The van der Waals surface area contributed by atoms with Gasteiger partial charge < -0.3 is 5.11 Å². The van der Waals surface area contributed by atoms with Crippen molar-refractivity contribution in [1.29, 1.82) is 0 Å². The van der Waals surface area contributed by atoms with Gasteiger partial charge in [0, 0.05) is 28.1 Å². The minimum atomic E-state index is -3.74. The number of benzene rings is 1. The van der Waals surface area contributed by atoms with Crippen LogP contribution in [0.15, 0.2) is 33.9 Å². The Labute approximate surface area is 134 Å². The number of aliphatic hydroxyl groups is 1. The van der Waals surface area contributed by atoms with E-state index in [0.29, 0.717) is 10.6 Å². The molecule has 1 aliphatic rings. The van der Waals surface area contributed by atoms with Gasteiger partial charge in [0.05, 0.1) is 6.20 Å². The van der Waals surface area contributed by atoms with Gasteiger partial charge in [0.2, 0.25) is 5.03 Å². The largest absolute Gasteiger partial charge is 0.382 e.